The number of benzene rings is 1. The van der Waals surface area contributed by atoms with E-state index in [0.29, 0.717) is 24.1 Å². The van der Waals surface area contributed by atoms with E-state index in [0.717, 1.165) is 37.4 Å². The van der Waals surface area contributed by atoms with Crippen LogP contribution in [0.2, 0.25) is 0 Å². The smallest absolute Gasteiger partial charge is 0.161 e. The van der Waals surface area contributed by atoms with Crippen LogP contribution in [-0.4, -0.2) is 65.6 Å². The van der Waals surface area contributed by atoms with Crippen LogP contribution in [0.15, 0.2) is 30.6 Å². The molecule has 7 nitrogen and oxygen atoms in total. The number of aliphatic hydroxyl groups is 1. The van der Waals surface area contributed by atoms with Crippen molar-refractivity contribution < 1.29 is 14.6 Å². The summed E-state index contributed by atoms with van der Waals surface area (Å²) in [6, 6.07) is 6.30. The number of aromatic nitrogens is 2. The largest absolute Gasteiger partial charge is 0.493 e. The molecule has 7 heteroatoms. The number of methoxy groups -OCH3 is 1. The molecule has 0 fully saturated rings. The Morgan fingerprint density at radius 1 is 1.28 bits per heavy atom. The molecule has 29 heavy (non-hydrogen) atoms. The molecule has 1 heterocycles. The summed E-state index contributed by atoms with van der Waals surface area (Å²) in [7, 11) is 3.62. The minimum absolute atomic E-state index is 0.231. The fourth-order valence-corrected chi connectivity index (χ4v) is 2.97. The number of likely N-dealkylation sites (N-methyl/N-ethyl adjacent to an activating group) is 1. The maximum absolute atomic E-state index is 10.2. The number of nitrogens with zero attached hydrogens (tertiary/aromatic N) is 3. The topological polar surface area (TPSA) is 71.8 Å². The highest BCUT2D eigenvalue weighted by molar-refractivity contribution is 5.43. The number of aliphatic hydroxyl groups excluding tert-OH is 1. The van der Waals surface area contributed by atoms with Gasteiger partial charge in [0.15, 0.2) is 11.5 Å². The van der Waals surface area contributed by atoms with Crippen molar-refractivity contribution in [2.45, 2.75) is 52.4 Å². The summed E-state index contributed by atoms with van der Waals surface area (Å²) in [5.41, 5.74) is 1.12. The van der Waals surface area contributed by atoms with Gasteiger partial charge in [0.25, 0.3) is 0 Å². The van der Waals surface area contributed by atoms with Gasteiger partial charge in [-0.05, 0) is 58.5 Å². The SMILES string of the molecule is COc1ccc(CNCCCn2ccnc2C)cc1OCC(O)CN(C)C(C)C. The standard InChI is InChI=1S/C22H36N4O3/c1-17(2)25(4)15-20(27)16-29-22-13-19(7-8-21(22)28-5)14-23-9-6-11-26-12-10-24-18(26)3/h7-8,10,12-13,17,20,23,27H,6,9,11,14-16H2,1-5H3. The van der Waals surface area contributed by atoms with Crippen molar-refractivity contribution in [2.75, 3.05) is 33.9 Å². The number of nitrogens with one attached hydrogen (secondary N) is 1. The summed E-state index contributed by atoms with van der Waals surface area (Å²) < 4.78 is 13.4. The predicted molar refractivity (Wildman–Crippen MR) is 116 cm³/mol. The predicted octanol–water partition coefficient (Wildman–Crippen LogP) is 2.46. The van der Waals surface area contributed by atoms with Crippen LogP contribution >= 0.6 is 0 Å². The molecule has 1 aromatic carbocycles. The van der Waals surface area contributed by atoms with E-state index in [1.807, 2.05) is 44.6 Å². The van der Waals surface area contributed by atoms with Crippen molar-refractivity contribution in [3.05, 3.63) is 42.0 Å². The highest BCUT2D eigenvalue weighted by Gasteiger charge is 2.13. The van der Waals surface area contributed by atoms with Crippen molar-refractivity contribution in [1.29, 1.82) is 0 Å². The van der Waals surface area contributed by atoms with Gasteiger partial charge in [-0.3, -0.25) is 0 Å². The summed E-state index contributed by atoms with van der Waals surface area (Å²) in [6.07, 6.45) is 4.32. The third-order valence-electron chi connectivity index (χ3n) is 5.04. The zero-order valence-electron chi connectivity index (χ0n) is 18.4. The molecule has 2 aromatic rings. The van der Waals surface area contributed by atoms with Crippen LogP contribution in [0.1, 0.15) is 31.7 Å². The number of hydrogen-bond donors (Lipinski definition) is 2. The van der Waals surface area contributed by atoms with Crippen molar-refractivity contribution in [1.82, 2.24) is 19.8 Å². The van der Waals surface area contributed by atoms with Crippen molar-refractivity contribution in [3.63, 3.8) is 0 Å². The third-order valence-corrected chi connectivity index (χ3v) is 5.04. The molecule has 0 saturated carbocycles. The van der Waals surface area contributed by atoms with E-state index in [9.17, 15) is 5.11 Å². The van der Waals surface area contributed by atoms with Crippen LogP contribution in [-0.2, 0) is 13.1 Å². The maximum Gasteiger partial charge on any atom is 0.161 e. The Morgan fingerprint density at radius 3 is 2.72 bits per heavy atom. The van der Waals surface area contributed by atoms with Crippen LogP contribution in [0.25, 0.3) is 0 Å². The lowest BCUT2D eigenvalue weighted by atomic mass is 10.2. The second kappa shape index (κ2) is 11.8. The summed E-state index contributed by atoms with van der Waals surface area (Å²) in [6.45, 7) is 9.64. The molecule has 0 saturated heterocycles. The highest BCUT2D eigenvalue weighted by Crippen LogP contribution is 2.28. The molecule has 1 unspecified atom stereocenters. The molecule has 1 aromatic heterocycles. The van der Waals surface area contributed by atoms with Gasteiger partial charge in [0, 0.05) is 38.1 Å². The molecule has 1 atom stereocenters. The van der Waals surface area contributed by atoms with Gasteiger partial charge in [-0.15, -0.1) is 0 Å². The van der Waals surface area contributed by atoms with E-state index in [4.69, 9.17) is 9.47 Å². The second-order valence-corrected chi connectivity index (χ2v) is 7.68. The lowest BCUT2D eigenvalue weighted by molar-refractivity contribution is 0.0668. The molecule has 2 rings (SSSR count). The van der Waals surface area contributed by atoms with Crippen molar-refractivity contribution in [2.24, 2.45) is 0 Å². The Labute approximate surface area is 174 Å². The molecule has 0 aliphatic rings. The van der Waals surface area contributed by atoms with Gasteiger partial charge in [0.2, 0.25) is 0 Å². The zero-order chi connectivity index (χ0) is 21.2. The number of rotatable bonds is 13. The summed E-state index contributed by atoms with van der Waals surface area (Å²) in [5, 5.41) is 13.7. The quantitative estimate of drug-likeness (QED) is 0.500. The Hall–Kier alpha value is -2.09. The molecule has 0 amide bonds. The maximum atomic E-state index is 10.2. The zero-order valence-corrected chi connectivity index (χ0v) is 18.4. The van der Waals surface area contributed by atoms with E-state index in [2.05, 4.69) is 33.6 Å². The average molecular weight is 405 g/mol. The summed E-state index contributed by atoms with van der Waals surface area (Å²) in [5.74, 6) is 2.38. The molecule has 0 aliphatic carbocycles. The highest BCUT2D eigenvalue weighted by atomic mass is 16.5. The number of aryl methyl sites for hydroxylation is 2. The van der Waals surface area contributed by atoms with E-state index < -0.39 is 6.10 Å². The number of ether oxygens (including phenoxy) is 2. The number of imidazole rings is 1. The minimum Gasteiger partial charge on any atom is -0.493 e. The van der Waals surface area contributed by atoms with Gasteiger partial charge in [-0.2, -0.15) is 0 Å². The first-order chi connectivity index (χ1) is 13.9. The molecule has 0 radical (unpaired) electrons. The van der Waals surface area contributed by atoms with E-state index in [-0.39, 0.29) is 6.61 Å². The first-order valence-corrected chi connectivity index (χ1v) is 10.3. The van der Waals surface area contributed by atoms with Gasteiger partial charge >= 0.3 is 0 Å². The average Bonchev–Trinajstić information content (AvgIpc) is 3.10. The van der Waals surface area contributed by atoms with Crippen LogP contribution < -0.4 is 14.8 Å². The Kier molecular flexibility index (Phi) is 9.44. The van der Waals surface area contributed by atoms with E-state index >= 15 is 0 Å². The molecular formula is C22H36N4O3. The minimum atomic E-state index is -0.555. The lowest BCUT2D eigenvalue weighted by Crippen LogP contribution is -2.37. The number of hydrogen-bond acceptors (Lipinski definition) is 6. The van der Waals surface area contributed by atoms with Gasteiger partial charge < -0.3 is 29.4 Å². The van der Waals surface area contributed by atoms with Crippen molar-refractivity contribution >= 4 is 0 Å². The second-order valence-electron chi connectivity index (χ2n) is 7.68. The molecular weight excluding hydrogens is 368 g/mol. The van der Waals surface area contributed by atoms with Crippen LogP contribution in [0.3, 0.4) is 0 Å². The lowest BCUT2D eigenvalue weighted by Gasteiger charge is -2.24. The summed E-state index contributed by atoms with van der Waals surface area (Å²) >= 11 is 0. The Bertz CT molecular complexity index is 733. The van der Waals surface area contributed by atoms with E-state index in [1.54, 1.807) is 7.11 Å². The Balaban J connectivity index is 1.80. The van der Waals surface area contributed by atoms with Crippen LogP contribution in [0.4, 0.5) is 0 Å². The fraction of sp³-hybridized carbons (Fsp3) is 0.591. The third kappa shape index (κ3) is 7.68. The molecule has 0 spiro atoms. The fourth-order valence-electron chi connectivity index (χ4n) is 2.97. The normalized spacial score (nSPS) is 12.6. The van der Waals surface area contributed by atoms with Crippen LogP contribution in [0.5, 0.6) is 11.5 Å². The monoisotopic (exact) mass is 404 g/mol. The molecule has 2 N–H and O–H groups in total. The first kappa shape index (κ1) is 23.2. The van der Waals surface area contributed by atoms with Gasteiger partial charge in [0.05, 0.1) is 7.11 Å². The molecule has 162 valence electrons. The van der Waals surface area contributed by atoms with Crippen LogP contribution in [0, 0.1) is 6.92 Å². The van der Waals surface area contributed by atoms with Crippen molar-refractivity contribution in [3.8, 4) is 11.5 Å². The van der Waals surface area contributed by atoms with Gasteiger partial charge in [0.1, 0.15) is 18.5 Å². The Morgan fingerprint density at radius 2 is 2.07 bits per heavy atom. The van der Waals surface area contributed by atoms with Gasteiger partial charge in [-0.25, -0.2) is 4.98 Å². The molecule has 0 aliphatic heterocycles. The van der Waals surface area contributed by atoms with E-state index in [1.165, 1.54) is 0 Å². The molecule has 0 bridgehead atoms. The summed E-state index contributed by atoms with van der Waals surface area (Å²) in [4.78, 5) is 6.33. The van der Waals surface area contributed by atoms with Gasteiger partial charge in [-0.1, -0.05) is 6.07 Å². The first-order valence-electron chi connectivity index (χ1n) is 10.3.